The van der Waals surface area contributed by atoms with Gasteiger partial charge in [0.15, 0.2) is 0 Å². The maximum atomic E-state index is 11.5. The molecule has 6 heteroatoms. The number of carbonyl (C=O) groups excluding carboxylic acids is 1. The van der Waals surface area contributed by atoms with Crippen molar-refractivity contribution in [2.45, 2.75) is 0 Å². The maximum absolute atomic E-state index is 11.5. The Morgan fingerprint density at radius 2 is 2.18 bits per heavy atom. The number of nitrogens with zero attached hydrogens (tertiary/aromatic N) is 1. The molecule has 0 saturated carbocycles. The zero-order valence-electron chi connectivity index (χ0n) is 8.65. The van der Waals surface area contributed by atoms with Crippen molar-refractivity contribution in [3.63, 3.8) is 0 Å². The number of benzene rings is 1. The van der Waals surface area contributed by atoms with Gasteiger partial charge in [0.2, 0.25) is 0 Å². The Morgan fingerprint density at radius 1 is 1.41 bits per heavy atom. The van der Waals surface area contributed by atoms with Gasteiger partial charge in [0.25, 0.3) is 5.91 Å². The number of nitrogen functional groups attached to an aromatic ring is 1. The molecule has 3 N–H and O–H groups in total. The Kier molecular flexibility index (Phi) is 3.51. The van der Waals surface area contributed by atoms with Gasteiger partial charge in [0.05, 0.1) is 10.7 Å². The van der Waals surface area contributed by atoms with E-state index in [2.05, 4.69) is 21.4 Å². The fourth-order valence-electron chi connectivity index (χ4n) is 1.53. The third kappa shape index (κ3) is 2.36. The van der Waals surface area contributed by atoms with Crippen LogP contribution in [0.2, 0.25) is 5.02 Å². The first-order valence-electron chi connectivity index (χ1n) is 4.77. The second-order valence-electron chi connectivity index (χ2n) is 3.33. The minimum Gasteiger partial charge on any atom is -0.311 e. The van der Waals surface area contributed by atoms with E-state index in [0.29, 0.717) is 10.7 Å². The first-order valence-corrected chi connectivity index (χ1v) is 5.94. The van der Waals surface area contributed by atoms with Crippen LogP contribution in [0.25, 0.3) is 5.69 Å². The molecule has 0 aliphatic rings. The molecule has 0 aliphatic carbocycles. The topological polar surface area (TPSA) is 60.0 Å². The van der Waals surface area contributed by atoms with E-state index in [4.69, 9.17) is 17.4 Å². The van der Waals surface area contributed by atoms with Crippen LogP contribution < -0.4 is 11.3 Å². The molecule has 0 bridgehead atoms. The van der Waals surface area contributed by atoms with Gasteiger partial charge in [0, 0.05) is 10.7 Å². The average molecular weight is 315 g/mol. The summed E-state index contributed by atoms with van der Waals surface area (Å²) >= 11 is 9.45. The molecule has 0 aliphatic heterocycles. The van der Waals surface area contributed by atoms with E-state index in [1.165, 1.54) is 0 Å². The van der Waals surface area contributed by atoms with E-state index in [1.807, 2.05) is 12.1 Å². The van der Waals surface area contributed by atoms with Crippen LogP contribution in [0.15, 0.2) is 41.0 Å². The van der Waals surface area contributed by atoms with Gasteiger partial charge in [-0.25, -0.2) is 5.84 Å². The first kappa shape index (κ1) is 12.2. The Bertz CT molecular complexity index is 568. The SMILES string of the molecule is NNC(=O)c1cccn1-c1ccc(Br)cc1Cl. The molecule has 0 radical (unpaired) electrons. The molecule has 0 unspecified atom stereocenters. The van der Waals surface area contributed by atoms with Crippen molar-refractivity contribution in [2.24, 2.45) is 5.84 Å². The minimum atomic E-state index is -0.367. The van der Waals surface area contributed by atoms with Crippen LogP contribution in [-0.4, -0.2) is 10.5 Å². The normalized spacial score (nSPS) is 10.3. The van der Waals surface area contributed by atoms with Crippen LogP contribution in [-0.2, 0) is 0 Å². The van der Waals surface area contributed by atoms with Crippen molar-refractivity contribution in [1.82, 2.24) is 9.99 Å². The highest BCUT2D eigenvalue weighted by Crippen LogP contribution is 2.25. The van der Waals surface area contributed by atoms with Gasteiger partial charge in [-0.15, -0.1) is 0 Å². The first-order chi connectivity index (χ1) is 8.13. The fraction of sp³-hybridized carbons (Fsp3) is 0. The smallest absolute Gasteiger partial charge is 0.282 e. The third-order valence-electron chi connectivity index (χ3n) is 2.28. The molecule has 0 spiro atoms. The zero-order valence-corrected chi connectivity index (χ0v) is 11.0. The highest BCUT2D eigenvalue weighted by molar-refractivity contribution is 9.10. The molecule has 4 nitrogen and oxygen atoms in total. The van der Waals surface area contributed by atoms with Crippen molar-refractivity contribution in [2.75, 3.05) is 0 Å². The summed E-state index contributed by atoms with van der Waals surface area (Å²) < 4.78 is 2.56. The van der Waals surface area contributed by atoms with Gasteiger partial charge >= 0.3 is 0 Å². The van der Waals surface area contributed by atoms with Crippen LogP contribution >= 0.6 is 27.5 Å². The summed E-state index contributed by atoms with van der Waals surface area (Å²) in [7, 11) is 0. The lowest BCUT2D eigenvalue weighted by Crippen LogP contribution is -2.31. The van der Waals surface area contributed by atoms with Crippen LogP contribution in [0.3, 0.4) is 0 Å². The summed E-state index contributed by atoms with van der Waals surface area (Å²) in [4.78, 5) is 11.5. The van der Waals surface area contributed by atoms with E-state index in [1.54, 1.807) is 29.0 Å². The van der Waals surface area contributed by atoms with Gasteiger partial charge in [-0.2, -0.15) is 0 Å². The standard InChI is InChI=1S/C11H9BrClN3O/c12-7-3-4-9(8(13)6-7)16-5-1-2-10(16)11(17)15-14/h1-6H,14H2,(H,15,17). The summed E-state index contributed by atoms with van der Waals surface area (Å²) in [5, 5.41) is 0.543. The molecule has 0 fully saturated rings. The second-order valence-corrected chi connectivity index (χ2v) is 4.66. The Labute approximate surface area is 111 Å². The predicted octanol–water partition coefficient (Wildman–Crippen LogP) is 2.50. The molecule has 2 aromatic rings. The van der Waals surface area contributed by atoms with E-state index in [9.17, 15) is 4.79 Å². The third-order valence-corrected chi connectivity index (χ3v) is 3.08. The number of rotatable bonds is 2. The number of aromatic nitrogens is 1. The van der Waals surface area contributed by atoms with E-state index < -0.39 is 0 Å². The van der Waals surface area contributed by atoms with Crippen molar-refractivity contribution in [3.8, 4) is 5.69 Å². The lowest BCUT2D eigenvalue weighted by molar-refractivity contribution is 0.0947. The second kappa shape index (κ2) is 4.91. The summed E-state index contributed by atoms with van der Waals surface area (Å²) in [5.41, 5.74) is 3.24. The molecule has 1 heterocycles. The highest BCUT2D eigenvalue weighted by Gasteiger charge is 2.12. The fourth-order valence-corrected chi connectivity index (χ4v) is 2.29. The molecule has 0 atom stereocenters. The maximum Gasteiger partial charge on any atom is 0.282 e. The monoisotopic (exact) mass is 313 g/mol. The van der Waals surface area contributed by atoms with Gasteiger partial charge in [-0.1, -0.05) is 27.5 Å². The van der Waals surface area contributed by atoms with Crippen LogP contribution in [0.5, 0.6) is 0 Å². The summed E-state index contributed by atoms with van der Waals surface area (Å²) in [6.07, 6.45) is 1.75. The van der Waals surface area contributed by atoms with Crippen molar-refractivity contribution in [3.05, 3.63) is 51.7 Å². The molecule has 2 rings (SSSR count). The van der Waals surface area contributed by atoms with Crippen LogP contribution in [0.1, 0.15) is 10.5 Å². The molecular weight excluding hydrogens is 305 g/mol. The largest absolute Gasteiger partial charge is 0.311 e. The quantitative estimate of drug-likeness (QED) is 0.508. The van der Waals surface area contributed by atoms with E-state index >= 15 is 0 Å². The Hall–Kier alpha value is -1.30. The molecule has 0 saturated heterocycles. The van der Waals surface area contributed by atoms with Crippen molar-refractivity contribution >= 4 is 33.4 Å². The van der Waals surface area contributed by atoms with Gasteiger partial charge in [-0.3, -0.25) is 10.2 Å². The molecule has 1 amide bonds. The van der Waals surface area contributed by atoms with Gasteiger partial charge in [-0.05, 0) is 30.3 Å². The lowest BCUT2D eigenvalue weighted by Gasteiger charge is -2.10. The summed E-state index contributed by atoms with van der Waals surface area (Å²) in [6, 6.07) is 8.86. The van der Waals surface area contributed by atoms with Gasteiger partial charge in [0.1, 0.15) is 5.69 Å². The minimum absolute atomic E-state index is 0.367. The molecule has 17 heavy (non-hydrogen) atoms. The number of nitrogens with two attached hydrogens (primary N) is 1. The lowest BCUT2D eigenvalue weighted by atomic mass is 10.3. The van der Waals surface area contributed by atoms with E-state index in [-0.39, 0.29) is 5.91 Å². The Morgan fingerprint density at radius 3 is 2.82 bits per heavy atom. The van der Waals surface area contributed by atoms with E-state index in [0.717, 1.165) is 10.2 Å². The zero-order chi connectivity index (χ0) is 12.4. The number of halogens is 2. The number of hydrazine groups is 1. The summed E-state index contributed by atoms with van der Waals surface area (Å²) in [5.74, 6) is 4.75. The van der Waals surface area contributed by atoms with Crippen LogP contribution in [0, 0.1) is 0 Å². The number of hydrogen-bond donors (Lipinski definition) is 2. The molecule has 88 valence electrons. The van der Waals surface area contributed by atoms with Crippen molar-refractivity contribution in [1.29, 1.82) is 0 Å². The predicted molar refractivity (Wildman–Crippen MR) is 70.1 cm³/mol. The highest BCUT2D eigenvalue weighted by atomic mass is 79.9. The van der Waals surface area contributed by atoms with Gasteiger partial charge < -0.3 is 4.57 Å². The Balaban J connectivity index is 2.53. The number of nitrogens with one attached hydrogen (secondary N) is 1. The number of hydrogen-bond acceptors (Lipinski definition) is 2. The summed E-state index contributed by atoms with van der Waals surface area (Å²) in [6.45, 7) is 0. The number of carbonyl (C=O) groups is 1. The van der Waals surface area contributed by atoms with Crippen molar-refractivity contribution < 1.29 is 4.79 Å². The molecular formula is C11H9BrClN3O. The number of amides is 1. The average Bonchev–Trinajstić information content (AvgIpc) is 2.77. The molecule has 1 aromatic carbocycles. The molecule has 1 aromatic heterocycles. The van der Waals surface area contributed by atoms with Crippen LogP contribution in [0.4, 0.5) is 0 Å².